The topological polar surface area (TPSA) is 20.3 Å². The molecule has 0 saturated heterocycles. The Morgan fingerprint density at radius 1 is 0.722 bits per heavy atom. The standard InChI is InChI=1S/C29H23NOS.C4H8/c1-18-12-14-26-20(16-18)28(31)21-17-19(13-15-27(21)32-26)30-24-10-6-4-8-22(24)29(2,3)23-9-5-7-11-25(23)30;1-3-4-2/h4-17H,1-3H3;3-4H,1-2H3/b;4-3-. The molecule has 36 heavy (non-hydrogen) atoms. The number of benzene rings is 4. The zero-order valence-corrected chi connectivity index (χ0v) is 22.3. The quantitative estimate of drug-likeness (QED) is 0.173. The highest BCUT2D eigenvalue weighted by Gasteiger charge is 2.36. The van der Waals surface area contributed by atoms with Crippen LogP contribution in [0.15, 0.2) is 102 Å². The molecule has 2 heterocycles. The third-order valence-electron chi connectivity index (χ3n) is 7.04. The number of allylic oxidation sites excluding steroid dienone is 2. The van der Waals surface area contributed by atoms with E-state index in [1.54, 1.807) is 11.3 Å². The highest BCUT2D eigenvalue weighted by molar-refractivity contribution is 7.24. The molecule has 0 amide bonds. The fourth-order valence-corrected chi connectivity index (χ4v) is 6.08. The van der Waals surface area contributed by atoms with Crippen LogP contribution in [0, 0.1) is 6.92 Å². The van der Waals surface area contributed by atoms with E-state index in [1.165, 1.54) is 22.5 Å². The van der Waals surface area contributed by atoms with Crippen LogP contribution in [-0.4, -0.2) is 0 Å². The molecule has 0 N–H and O–H groups in total. The molecule has 0 saturated carbocycles. The van der Waals surface area contributed by atoms with Crippen molar-refractivity contribution in [2.75, 3.05) is 4.90 Å². The maximum atomic E-state index is 13.5. The molecule has 2 nitrogen and oxygen atoms in total. The van der Waals surface area contributed by atoms with Crippen LogP contribution in [0.25, 0.3) is 20.2 Å². The second-order valence-electron chi connectivity index (χ2n) is 9.77. The summed E-state index contributed by atoms with van der Waals surface area (Å²) in [6, 6.07) is 29.7. The first kappa shape index (κ1) is 24.0. The minimum absolute atomic E-state index is 0.0972. The zero-order chi connectivity index (χ0) is 25.4. The molecule has 1 aliphatic rings. The van der Waals surface area contributed by atoms with Gasteiger partial charge in [-0.15, -0.1) is 11.3 Å². The summed E-state index contributed by atoms with van der Waals surface area (Å²) in [5, 5.41) is 1.59. The Balaban J connectivity index is 0.000000623. The Morgan fingerprint density at radius 2 is 1.25 bits per heavy atom. The lowest BCUT2D eigenvalue weighted by Gasteiger charge is -2.42. The monoisotopic (exact) mass is 489 g/mol. The first-order valence-electron chi connectivity index (χ1n) is 12.4. The number of anilines is 3. The number of fused-ring (bicyclic) bond motifs is 4. The van der Waals surface area contributed by atoms with Crippen LogP contribution in [0.4, 0.5) is 17.1 Å². The molecular weight excluding hydrogens is 458 g/mol. The van der Waals surface area contributed by atoms with Crippen molar-refractivity contribution in [1.29, 1.82) is 0 Å². The van der Waals surface area contributed by atoms with Crippen molar-refractivity contribution < 1.29 is 0 Å². The summed E-state index contributed by atoms with van der Waals surface area (Å²) >= 11 is 1.68. The lowest BCUT2D eigenvalue weighted by atomic mass is 9.73. The van der Waals surface area contributed by atoms with Crippen molar-refractivity contribution in [2.45, 2.75) is 40.0 Å². The van der Waals surface area contributed by atoms with Crippen molar-refractivity contribution in [3.05, 3.63) is 124 Å². The lowest BCUT2D eigenvalue weighted by molar-refractivity contribution is 0.632. The van der Waals surface area contributed by atoms with Gasteiger partial charge in [0.1, 0.15) is 0 Å². The molecule has 1 aliphatic heterocycles. The number of aryl methyl sites for hydroxylation is 1. The lowest BCUT2D eigenvalue weighted by Crippen LogP contribution is -2.30. The maximum absolute atomic E-state index is 13.5. The van der Waals surface area contributed by atoms with E-state index in [0.29, 0.717) is 0 Å². The average molecular weight is 490 g/mol. The number of hydrogen-bond acceptors (Lipinski definition) is 3. The SMILES string of the molecule is C/C=C\C.Cc1ccc2sc3ccc(N4c5ccccc5C(C)(C)c5ccccc54)cc3c(=O)c2c1. The zero-order valence-electron chi connectivity index (χ0n) is 21.5. The molecule has 0 unspecified atom stereocenters. The summed E-state index contributed by atoms with van der Waals surface area (Å²) in [6.45, 7) is 10.6. The molecule has 0 spiro atoms. The van der Waals surface area contributed by atoms with Crippen LogP contribution < -0.4 is 10.3 Å². The fraction of sp³-hybridized carbons (Fsp3) is 0.182. The summed E-state index contributed by atoms with van der Waals surface area (Å²) in [7, 11) is 0. The van der Waals surface area contributed by atoms with E-state index in [1.807, 2.05) is 39.0 Å². The van der Waals surface area contributed by atoms with E-state index in [2.05, 4.69) is 97.6 Å². The van der Waals surface area contributed by atoms with Gasteiger partial charge in [0.05, 0.1) is 11.4 Å². The normalized spacial score (nSPS) is 13.9. The van der Waals surface area contributed by atoms with Gasteiger partial charge >= 0.3 is 0 Å². The predicted octanol–water partition coefficient (Wildman–Crippen LogP) is 9.41. The summed E-state index contributed by atoms with van der Waals surface area (Å²) in [4.78, 5) is 15.8. The van der Waals surface area contributed by atoms with Crippen LogP contribution in [0.2, 0.25) is 0 Å². The van der Waals surface area contributed by atoms with Crippen molar-refractivity contribution in [3.63, 3.8) is 0 Å². The smallest absolute Gasteiger partial charge is 0.195 e. The van der Waals surface area contributed by atoms with Crippen molar-refractivity contribution >= 4 is 48.6 Å². The van der Waals surface area contributed by atoms with E-state index in [9.17, 15) is 4.79 Å². The number of rotatable bonds is 1. The van der Waals surface area contributed by atoms with Crippen LogP contribution in [0.5, 0.6) is 0 Å². The Hall–Kier alpha value is -3.69. The highest BCUT2D eigenvalue weighted by Crippen LogP contribution is 2.51. The average Bonchev–Trinajstić information content (AvgIpc) is 2.90. The van der Waals surface area contributed by atoms with E-state index in [4.69, 9.17) is 0 Å². The van der Waals surface area contributed by atoms with Crippen LogP contribution >= 0.6 is 11.3 Å². The first-order valence-corrected chi connectivity index (χ1v) is 13.2. The van der Waals surface area contributed by atoms with Crippen molar-refractivity contribution in [3.8, 4) is 0 Å². The van der Waals surface area contributed by atoms with Gasteiger partial charge in [0.2, 0.25) is 0 Å². The van der Waals surface area contributed by atoms with E-state index >= 15 is 0 Å². The Kier molecular flexibility index (Phi) is 6.27. The second-order valence-corrected chi connectivity index (χ2v) is 10.9. The third kappa shape index (κ3) is 3.94. The van der Waals surface area contributed by atoms with Gasteiger partial charge < -0.3 is 4.90 Å². The Morgan fingerprint density at radius 3 is 1.83 bits per heavy atom. The minimum Gasteiger partial charge on any atom is -0.310 e. The molecule has 0 bridgehead atoms. The van der Waals surface area contributed by atoms with Gasteiger partial charge in [-0.05, 0) is 74.4 Å². The molecule has 0 atom stereocenters. The Bertz CT molecular complexity index is 1620. The molecule has 0 radical (unpaired) electrons. The van der Waals surface area contributed by atoms with Gasteiger partial charge in [0, 0.05) is 31.3 Å². The molecule has 4 aromatic carbocycles. The molecule has 3 heteroatoms. The first-order chi connectivity index (χ1) is 17.4. The molecule has 6 rings (SSSR count). The third-order valence-corrected chi connectivity index (χ3v) is 8.19. The number of para-hydroxylation sites is 2. The highest BCUT2D eigenvalue weighted by atomic mass is 32.1. The van der Waals surface area contributed by atoms with Gasteiger partial charge in [-0.3, -0.25) is 4.79 Å². The van der Waals surface area contributed by atoms with E-state index in [-0.39, 0.29) is 10.8 Å². The molecule has 1 aromatic heterocycles. The summed E-state index contributed by atoms with van der Waals surface area (Å²) in [5.74, 6) is 0. The van der Waals surface area contributed by atoms with Crippen LogP contribution in [0.1, 0.15) is 44.4 Å². The predicted molar refractivity (Wildman–Crippen MR) is 158 cm³/mol. The minimum atomic E-state index is -0.0972. The molecular formula is C33H31NOS. The van der Waals surface area contributed by atoms with Gasteiger partial charge in [-0.2, -0.15) is 0 Å². The summed E-state index contributed by atoms with van der Waals surface area (Å²) < 4.78 is 2.06. The molecule has 0 aliphatic carbocycles. The molecule has 0 fully saturated rings. The second kappa shape index (κ2) is 9.40. The van der Waals surface area contributed by atoms with Crippen molar-refractivity contribution in [2.24, 2.45) is 0 Å². The number of nitrogens with zero attached hydrogens (tertiary/aromatic N) is 1. The van der Waals surface area contributed by atoms with Gasteiger partial charge in [-0.25, -0.2) is 0 Å². The van der Waals surface area contributed by atoms with E-state index in [0.717, 1.165) is 31.4 Å². The Labute approximate surface area is 217 Å². The molecule has 180 valence electrons. The van der Waals surface area contributed by atoms with Crippen molar-refractivity contribution in [1.82, 2.24) is 0 Å². The maximum Gasteiger partial charge on any atom is 0.195 e. The van der Waals surface area contributed by atoms with Crippen LogP contribution in [-0.2, 0) is 5.41 Å². The van der Waals surface area contributed by atoms with Crippen LogP contribution in [0.3, 0.4) is 0 Å². The van der Waals surface area contributed by atoms with Gasteiger partial charge in [0.25, 0.3) is 0 Å². The number of hydrogen-bond donors (Lipinski definition) is 0. The molecule has 5 aromatic rings. The fourth-order valence-electron chi connectivity index (χ4n) is 5.04. The largest absolute Gasteiger partial charge is 0.310 e. The summed E-state index contributed by atoms with van der Waals surface area (Å²) in [5.41, 5.74) is 7.06. The van der Waals surface area contributed by atoms with Gasteiger partial charge in [0.15, 0.2) is 5.43 Å². The van der Waals surface area contributed by atoms with Gasteiger partial charge in [-0.1, -0.05) is 74.0 Å². The van der Waals surface area contributed by atoms with E-state index < -0.39 is 0 Å². The summed E-state index contributed by atoms with van der Waals surface area (Å²) in [6.07, 6.45) is 4.00.